The minimum Gasteiger partial charge on any atom is -0.321 e. The molecule has 0 radical (unpaired) electrons. The van der Waals surface area contributed by atoms with E-state index < -0.39 is 0 Å². The minimum atomic E-state index is -0.367. The van der Waals surface area contributed by atoms with E-state index in [-0.39, 0.29) is 17.5 Å². The van der Waals surface area contributed by atoms with Crippen LogP contribution in [0.25, 0.3) is 6.08 Å². The number of carbonyl (C=O) groups is 2. The van der Waals surface area contributed by atoms with Crippen LogP contribution in [0.2, 0.25) is 0 Å². The van der Waals surface area contributed by atoms with Gasteiger partial charge in [0.2, 0.25) is 0 Å². The largest absolute Gasteiger partial charge is 0.321 e. The van der Waals surface area contributed by atoms with Crippen LogP contribution in [-0.4, -0.2) is 11.8 Å². The normalized spacial score (nSPS) is 11.1. The first kappa shape index (κ1) is 18.6. The fourth-order valence-electron chi connectivity index (χ4n) is 2.49. The topological polar surface area (TPSA) is 58.2 Å². The van der Waals surface area contributed by atoms with Crippen LogP contribution >= 0.6 is 11.3 Å². The second-order valence-electron chi connectivity index (χ2n) is 6.22. The molecule has 1 aromatic heterocycles. The third-order valence-electron chi connectivity index (χ3n) is 3.91. The van der Waals surface area contributed by atoms with Crippen molar-refractivity contribution in [1.82, 2.24) is 5.32 Å². The van der Waals surface area contributed by atoms with Gasteiger partial charge in [0.15, 0.2) is 0 Å². The summed E-state index contributed by atoms with van der Waals surface area (Å²) in [6.45, 7) is 3.90. The number of rotatable bonds is 5. The first-order valence-electron chi connectivity index (χ1n) is 8.52. The van der Waals surface area contributed by atoms with E-state index in [0.717, 1.165) is 16.0 Å². The average Bonchev–Trinajstić information content (AvgIpc) is 3.16. The molecule has 2 N–H and O–H groups in total. The lowest BCUT2D eigenvalue weighted by Gasteiger charge is -2.11. The maximum atomic E-state index is 12.8. The van der Waals surface area contributed by atoms with Crippen LogP contribution in [0, 0.1) is 13.8 Å². The Labute approximate surface area is 162 Å². The average molecular weight is 376 g/mol. The Morgan fingerprint density at radius 2 is 1.70 bits per heavy atom. The second kappa shape index (κ2) is 8.47. The molecule has 4 nitrogen and oxygen atoms in total. The van der Waals surface area contributed by atoms with E-state index in [9.17, 15) is 9.59 Å². The molecule has 2 amide bonds. The standard InChI is InChI=1S/C22H20N2O2S/c1-15-8-10-18(11-9-15)23-22(26)20(14-19-7-4-12-27-19)24-21(25)17-6-3-5-16(2)13-17/h3-14H,1-2H3,(H,23,26)(H,24,25)/b20-14-. The molecule has 0 saturated carbocycles. The summed E-state index contributed by atoms with van der Waals surface area (Å²) in [6, 6.07) is 18.5. The Hall–Kier alpha value is -3.18. The highest BCUT2D eigenvalue weighted by Crippen LogP contribution is 2.15. The molecule has 5 heteroatoms. The summed E-state index contributed by atoms with van der Waals surface area (Å²) in [5, 5.41) is 7.50. The van der Waals surface area contributed by atoms with E-state index in [4.69, 9.17) is 0 Å². The number of amides is 2. The summed E-state index contributed by atoms with van der Waals surface area (Å²) in [7, 11) is 0. The quantitative estimate of drug-likeness (QED) is 0.630. The van der Waals surface area contributed by atoms with Crippen molar-refractivity contribution in [3.05, 3.63) is 93.3 Å². The van der Waals surface area contributed by atoms with Gasteiger partial charge in [-0.1, -0.05) is 41.5 Å². The molecule has 0 aliphatic carbocycles. The van der Waals surface area contributed by atoms with Crippen LogP contribution in [0.1, 0.15) is 26.4 Å². The molecule has 0 spiro atoms. The number of benzene rings is 2. The van der Waals surface area contributed by atoms with Crippen molar-refractivity contribution >= 4 is 34.9 Å². The van der Waals surface area contributed by atoms with Crippen molar-refractivity contribution in [2.45, 2.75) is 13.8 Å². The third kappa shape index (κ3) is 5.15. The molecule has 0 fully saturated rings. The zero-order valence-corrected chi connectivity index (χ0v) is 16.0. The minimum absolute atomic E-state index is 0.199. The van der Waals surface area contributed by atoms with Gasteiger partial charge in [0, 0.05) is 16.1 Å². The number of thiophene rings is 1. The molecule has 27 heavy (non-hydrogen) atoms. The number of anilines is 1. The van der Waals surface area contributed by atoms with E-state index in [1.165, 1.54) is 11.3 Å². The molecule has 1 heterocycles. The van der Waals surface area contributed by atoms with Crippen molar-refractivity contribution < 1.29 is 9.59 Å². The first-order valence-corrected chi connectivity index (χ1v) is 9.40. The van der Waals surface area contributed by atoms with Crippen LogP contribution in [-0.2, 0) is 4.79 Å². The van der Waals surface area contributed by atoms with E-state index in [2.05, 4.69) is 10.6 Å². The van der Waals surface area contributed by atoms with E-state index in [0.29, 0.717) is 11.3 Å². The van der Waals surface area contributed by atoms with Crippen molar-refractivity contribution in [2.75, 3.05) is 5.32 Å². The summed E-state index contributed by atoms with van der Waals surface area (Å²) in [4.78, 5) is 26.3. The van der Waals surface area contributed by atoms with E-state index >= 15 is 0 Å². The fraction of sp³-hybridized carbons (Fsp3) is 0.0909. The summed E-state index contributed by atoms with van der Waals surface area (Å²) in [5.74, 6) is -0.686. The van der Waals surface area contributed by atoms with Crippen LogP contribution in [0.15, 0.2) is 71.7 Å². The van der Waals surface area contributed by atoms with Gasteiger partial charge < -0.3 is 10.6 Å². The maximum absolute atomic E-state index is 12.8. The molecule has 0 saturated heterocycles. The molecule has 0 aliphatic heterocycles. The lowest BCUT2D eigenvalue weighted by atomic mass is 10.1. The highest BCUT2D eigenvalue weighted by Gasteiger charge is 2.15. The molecule has 3 aromatic rings. The number of aryl methyl sites for hydroxylation is 2. The molecule has 0 atom stereocenters. The van der Waals surface area contributed by atoms with Gasteiger partial charge in [0.05, 0.1) is 0 Å². The SMILES string of the molecule is Cc1ccc(NC(=O)/C(=C/c2cccs2)NC(=O)c2cccc(C)c2)cc1. The van der Waals surface area contributed by atoms with Crippen molar-refractivity contribution in [1.29, 1.82) is 0 Å². The van der Waals surface area contributed by atoms with Crippen LogP contribution in [0.5, 0.6) is 0 Å². The Kier molecular flexibility index (Phi) is 5.84. The Morgan fingerprint density at radius 1 is 0.926 bits per heavy atom. The van der Waals surface area contributed by atoms with Gasteiger partial charge in [0.1, 0.15) is 5.70 Å². The Balaban J connectivity index is 1.83. The van der Waals surface area contributed by atoms with Crippen molar-refractivity contribution in [3.8, 4) is 0 Å². The molecular weight excluding hydrogens is 356 g/mol. The van der Waals surface area contributed by atoms with Gasteiger partial charge in [-0.25, -0.2) is 0 Å². The molecule has 0 aliphatic rings. The fourth-order valence-corrected chi connectivity index (χ4v) is 3.15. The number of hydrogen-bond donors (Lipinski definition) is 2. The zero-order chi connectivity index (χ0) is 19.2. The molecule has 0 bridgehead atoms. The summed E-state index contributed by atoms with van der Waals surface area (Å²) in [5.41, 5.74) is 3.47. The van der Waals surface area contributed by atoms with Crippen molar-refractivity contribution in [3.63, 3.8) is 0 Å². The second-order valence-corrected chi connectivity index (χ2v) is 7.20. The van der Waals surface area contributed by atoms with Crippen molar-refractivity contribution in [2.24, 2.45) is 0 Å². The number of carbonyl (C=O) groups excluding carboxylic acids is 2. The summed E-state index contributed by atoms with van der Waals surface area (Å²) >= 11 is 1.49. The summed E-state index contributed by atoms with van der Waals surface area (Å²) < 4.78 is 0. The molecule has 3 rings (SSSR count). The Morgan fingerprint density at radius 3 is 2.37 bits per heavy atom. The monoisotopic (exact) mass is 376 g/mol. The maximum Gasteiger partial charge on any atom is 0.272 e. The smallest absolute Gasteiger partial charge is 0.272 e. The lowest BCUT2D eigenvalue weighted by molar-refractivity contribution is -0.113. The van der Waals surface area contributed by atoms with Crippen LogP contribution in [0.4, 0.5) is 5.69 Å². The lowest BCUT2D eigenvalue weighted by Crippen LogP contribution is -2.30. The van der Waals surface area contributed by atoms with E-state index in [1.54, 1.807) is 18.2 Å². The number of nitrogens with one attached hydrogen (secondary N) is 2. The summed E-state index contributed by atoms with van der Waals surface area (Å²) in [6.07, 6.45) is 1.68. The molecule has 136 valence electrons. The Bertz CT molecular complexity index is 974. The predicted octanol–water partition coefficient (Wildman–Crippen LogP) is 4.77. The third-order valence-corrected chi connectivity index (χ3v) is 4.73. The number of hydrogen-bond acceptors (Lipinski definition) is 3. The van der Waals surface area contributed by atoms with Gasteiger partial charge in [-0.2, -0.15) is 0 Å². The highest BCUT2D eigenvalue weighted by atomic mass is 32.1. The molecule has 0 unspecified atom stereocenters. The van der Waals surface area contributed by atoms with Gasteiger partial charge in [0.25, 0.3) is 11.8 Å². The first-order chi connectivity index (χ1) is 13.0. The molecule has 2 aromatic carbocycles. The predicted molar refractivity (Wildman–Crippen MR) is 111 cm³/mol. The molecular formula is C22H20N2O2S. The zero-order valence-electron chi connectivity index (χ0n) is 15.2. The van der Waals surface area contributed by atoms with E-state index in [1.807, 2.05) is 67.8 Å². The van der Waals surface area contributed by atoms with Crippen LogP contribution in [0.3, 0.4) is 0 Å². The van der Waals surface area contributed by atoms with Gasteiger partial charge in [-0.3, -0.25) is 9.59 Å². The van der Waals surface area contributed by atoms with Gasteiger partial charge in [-0.05, 0) is 55.6 Å². The van der Waals surface area contributed by atoms with Gasteiger partial charge in [-0.15, -0.1) is 11.3 Å². The van der Waals surface area contributed by atoms with Gasteiger partial charge >= 0.3 is 0 Å². The highest BCUT2D eigenvalue weighted by molar-refractivity contribution is 7.10. The van der Waals surface area contributed by atoms with Crippen LogP contribution < -0.4 is 10.6 Å².